The van der Waals surface area contributed by atoms with Crippen LogP contribution in [0.15, 0.2) is 24.3 Å². The first-order valence-corrected chi connectivity index (χ1v) is 8.88. The molecule has 1 aromatic carbocycles. The number of likely N-dealkylation sites (tertiary alicyclic amines) is 1. The first-order valence-electron chi connectivity index (χ1n) is 8.88. The van der Waals surface area contributed by atoms with Crippen molar-refractivity contribution in [3.63, 3.8) is 0 Å². The first kappa shape index (κ1) is 18.4. The molecular formula is C19H32N2O2. The van der Waals surface area contributed by atoms with Gasteiger partial charge in [-0.15, -0.1) is 0 Å². The van der Waals surface area contributed by atoms with Crippen LogP contribution in [-0.2, 0) is 11.3 Å². The number of benzene rings is 1. The van der Waals surface area contributed by atoms with Crippen molar-refractivity contribution < 1.29 is 9.84 Å². The van der Waals surface area contributed by atoms with Crippen LogP contribution in [0.4, 0.5) is 0 Å². The van der Waals surface area contributed by atoms with E-state index in [-0.39, 0.29) is 6.61 Å². The van der Waals surface area contributed by atoms with Gasteiger partial charge in [-0.2, -0.15) is 0 Å². The SMILES string of the molecule is CC(C)OCCN1CCC(NC(C)c2cccc(CO)c2)CC1. The molecule has 0 amide bonds. The number of hydrogen-bond acceptors (Lipinski definition) is 4. The second kappa shape index (κ2) is 9.38. The molecule has 1 atom stereocenters. The summed E-state index contributed by atoms with van der Waals surface area (Å²) in [5, 5.41) is 13.0. The highest BCUT2D eigenvalue weighted by Gasteiger charge is 2.20. The summed E-state index contributed by atoms with van der Waals surface area (Å²) in [6, 6.07) is 9.11. The first-order chi connectivity index (χ1) is 11.1. The van der Waals surface area contributed by atoms with Gasteiger partial charge in [0.1, 0.15) is 0 Å². The summed E-state index contributed by atoms with van der Waals surface area (Å²) < 4.78 is 5.64. The highest BCUT2D eigenvalue weighted by atomic mass is 16.5. The molecule has 1 fully saturated rings. The Hall–Kier alpha value is -0.940. The third-order valence-electron chi connectivity index (χ3n) is 4.57. The number of nitrogens with one attached hydrogen (secondary N) is 1. The van der Waals surface area contributed by atoms with Crippen LogP contribution in [0.25, 0.3) is 0 Å². The molecule has 0 radical (unpaired) electrons. The minimum absolute atomic E-state index is 0.109. The molecule has 0 aliphatic carbocycles. The molecule has 2 rings (SSSR count). The predicted molar refractivity (Wildman–Crippen MR) is 94.5 cm³/mol. The van der Waals surface area contributed by atoms with E-state index in [1.165, 1.54) is 18.4 Å². The Morgan fingerprint density at radius 3 is 2.65 bits per heavy atom. The molecule has 4 heteroatoms. The lowest BCUT2D eigenvalue weighted by atomic mass is 10.0. The maximum Gasteiger partial charge on any atom is 0.0681 e. The lowest BCUT2D eigenvalue weighted by molar-refractivity contribution is 0.0523. The zero-order chi connectivity index (χ0) is 16.7. The molecular weight excluding hydrogens is 288 g/mol. The van der Waals surface area contributed by atoms with E-state index >= 15 is 0 Å². The van der Waals surface area contributed by atoms with E-state index in [2.05, 4.69) is 43.1 Å². The van der Waals surface area contributed by atoms with Crippen LogP contribution in [-0.4, -0.2) is 48.4 Å². The molecule has 23 heavy (non-hydrogen) atoms. The number of piperidine rings is 1. The number of aliphatic hydroxyl groups excluding tert-OH is 1. The third-order valence-corrected chi connectivity index (χ3v) is 4.57. The number of aliphatic hydroxyl groups is 1. The average Bonchev–Trinajstić information content (AvgIpc) is 2.56. The van der Waals surface area contributed by atoms with Crippen molar-refractivity contribution >= 4 is 0 Å². The minimum atomic E-state index is 0.109. The van der Waals surface area contributed by atoms with Gasteiger partial charge in [-0.25, -0.2) is 0 Å². The van der Waals surface area contributed by atoms with Crippen LogP contribution < -0.4 is 5.32 Å². The molecule has 130 valence electrons. The van der Waals surface area contributed by atoms with Crippen molar-refractivity contribution in [2.45, 2.75) is 58.4 Å². The van der Waals surface area contributed by atoms with E-state index < -0.39 is 0 Å². The summed E-state index contributed by atoms with van der Waals surface area (Å²) in [4.78, 5) is 2.50. The van der Waals surface area contributed by atoms with Crippen LogP contribution in [0.2, 0.25) is 0 Å². The topological polar surface area (TPSA) is 44.7 Å². The molecule has 1 heterocycles. The summed E-state index contributed by atoms with van der Waals surface area (Å²) in [5.41, 5.74) is 2.24. The number of hydrogen-bond donors (Lipinski definition) is 2. The van der Waals surface area contributed by atoms with E-state index in [1.807, 2.05) is 12.1 Å². The van der Waals surface area contributed by atoms with Crippen LogP contribution in [0.3, 0.4) is 0 Å². The Labute approximate surface area is 140 Å². The van der Waals surface area contributed by atoms with Crippen molar-refractivity contribution in [1.82, 2.24) is 10.2 Å². The Bertz CT molecular complexity index is 456. The maximum absolute atomic E-state index is 9.26. The summed E-state index contributed by atoms with van der Waals surface area (Å²) >= 11 is 0. The number of nitrogens with zero attached hydrogens (tertiary/aromatic N) is 1. The van der Waals surface area contributed by atoms with Gasteiger partial charge >= 0.3 is 0 Å². The zero-order valence-electron chi connectivity index (χ0n) is 14.8. The van der Waals surface area contributed by atoms with E-state index in [0.717, 1.165) is 31.8 Å². The van der Waals surface area contributed by atoms with Crippen molar-refractivity contribution in [2.24, 2.45) is 0 Å². The monoisotopic (exact) mass is 320 g/mol. The number of rotatable bonds is 8. The van der Waals surface area contributed by atoms with Crippen molar-refractivity contribution in [3.05, 3.63) is 35.4 Å². The normalized spacial score (nSPS) is 18.5. The molecule has 4 nitrogen and oxygen atoms in total. The molecule has 2 N–H and O–H groups in total. The van der Waals surface area contributed by atoms with Gasteiger partial charge in [-0.1, -0.05) is 24.3 Å². The molecule has 0 saturated carbocycles. The van der Waals surface area contributed by atoms with E-state index in [1.54, 1.807) is 0 Å². The fourth-order valence-electron chi connectivity index (χ4n) is 3.15. The summed E-state index contributed by atoms with van der Waals surface area (Å²) in [6.07, 6.45) is 2.70. The summed E-state index contributed by atoms with van der Waals surface area (Å²) in [6.45, 7) is 10.6. The van der Waals surface area contributed by atoms with Crippen molar-refractivity contribution in [1.29, 1.82) is 0 Å². The van der Waals surface area contributed by atoms with Crippen LogP contribution >= 0.6 is 0 Å². The lowest BCUT2D eigenvalue weighted by Crippen LogP contribution is -2.44. The van der Waals surface area contributed by atoms with E-state index in [4.69, 9.17) is 4.74 Å². The molecule has 1 aromatic rings. The lowest BCUT2D eigenvalue weighted by Gasteiger charge is -2.34. The largest absolute Gasteiger partial charge is 0.392 e. The fourth-order valence-corrected chi connectivity index (χ4v) is 3.15. The highest BCUT2D eigenvalue weighted by molar-refractivity contribution is 5.25. The quantitative estimate of drug-likeness (QED) is 0.773. The molecule has 0 spiro atoms. The Balaban J connectivity index is 1.73. The van der Waals surface area contributed by atoms with Gasteiger partial charge < -0.3 is 20.1 Å². The molecule has 0 aromatic heterocycles. The molecule has 1 unspecified atom stereocenters. The van der Waals surface area contributed by atoms with E-state index in [9.17, 15) is 5.11 Å². The van der Waals surface area contributed by atoms with Gasteiger partial charge in [0.25, 0.3) is 0 Å². The second-order valence-corrected chi connectivity index (χ2v) is 6.83. The van der Waals surface area contributed by atoms with Crippen LogP contribution in [0.1, 0.15) is 50.8 Å². The smallest absolute Gasteiger partial charge is 0.0681 e. The molecule has 0 bridgehead atoms. The minimum Gasteiger partial charge on any atom is -0.392 e. The highest BCUT2D eigenvalue weighted by Crippen LogP contribution is 2.18. The van der Waals surface area contributed by atoms with Crippen LogP contribution in [0, 0.1) is 0 Å². The predicted octanol–water partition coefficient (Wildman–Crippen LogP) is 2.72. The van der Waals surface area contributed by atoms with Gasteiger partial charge in [-0.3, -0.25) is 0 Å². The van der Waals surface area contributed by atoms with Gasteiger partial charge in [0, 0.05) is 18.6 Å². The van der Waals surface area contributed by atoms with E-state index in [0.29, 0.717) is 18.2 Å². The second-order valence-electron chi connectivity index (χ2n) is 6.83. The Kier molecular flexibility index (Phi) is 7.50. The van der Waals surface area contributed by atoms with Crippen molar-refractivity contribution in [2.75, 3.05) is 26.2 Å². The molecule has 1 aliphatic heterocycles. The molecule has 1 aliphatic rings. The summed E-state index contributed by atoms with van der Waals surface area (Å²) in [7, 11) is 0. The average molecular weight is 320 g/mol. The number of ether oxygens (including phenoxy) is 1. The summed E-state index contributed by atoms with van der Waals surface area (Å²) in [5.74, 6) is 0. The van der Waals surface area contributed by atoms with Gasteiger partial charge in [0.15, 0.2) is 0 Å². The fraction of sp³-hybridized carbons (Fsp3) is 0.684. The Morgan fingerprint density at radius 1 is 1.26 bits per heavy atom. The van der Waals surface area contributed by atoms with Gasteiger partial charge in [-0.05, 0) is 57.8 Å². The maximum atomic E-state index is 9.26. The molecule has 1 saturated heterocycles. The van der Waals surface area contributed by atoms with Crippen molar-refractivity contribution in [3.8, 4) is 0 Å². The van der Waals surface area contributed by atoms with Gasteiger partial charge in [0.2, 0.25) is 0 Å². The third kappa shape index (κ3) is 6.22. The standard InChI is InChI=1S/C19H32N2O2/c1-15(2)23-12-11-21-9-7-19(8-10-21)20-16(3)18-6-4-5-17(13-18)14-22/h4-6,13,15-16,19-20,22H,7-12,14H2,1-3H3. The van der Waals surface area contributed by atoms with Crippen LogP contribution in [0.5, 0.6) is 0 Å². The van der Waals surface area contributed by atoms with Gasteiger partial charge in [0.05, 0.1) is 19.3 Å². The zero-order valence-corrected chi connectivity index (χ0v) is 14.8. The Morgan fingerprint density at radius 2 is 2.00 bits per heavy atom.